The summed E-state index contributed by atoms with van der Waals surface area (Å²) in [6, 6.07) is 1.15. The molecule has 4 heteroatoms. The van der Waals surface area contributed by atoms with Crippen LogP contribution < -0.4 is 5.32 Å². The second kappa shape index (κ2) is 3.98. The summed E-state index contributed by atoms with van der Waals surface area (Å²) < 4.78 is 13.1. The quantitative estimate of drug-likeness (QED) is 0.745. The average Bonchev–Trinajstić information content (AvgIpc) is 2.16. The van der Waals surface area contributed by atoms with Crippen molar-refractivity contribution in [3.8, 4) is 0 Å². The Morgan fingerprint density at radius 2 is 2.38 bits per heavy atom. The molecule has 0 radical (unpaired) electrons. The molecule has 0 atom stereocenters. The maximum Gasteiger partial charge on any atom is 0.269 e. The number of pyridine rings is 1. The van der Waals surface area contributed by atoms with Crippen LogP contribution in [0.1, 0.15) is 23.0 Å². The monoisotopic (exact) mass is 182 g/mol. The van der Waals surface area contributed by atoms with Crippen LogP contribution in [0.5, 0.6) is 0 Å². The Morgan fingerprint density at radius 1 is 1.69 bits per heavy atom. The molecule has 0 aromatic carbocycles. The zero-order valence-corrected chi connectivity index (χ0v) is 7.60. The number of carbonyl (C=O) groups excluding carboxylic acids is 1. The van der Waals surface area contributed by atoms with Crippen LogP contribution in [0.4, 0.5) is 4.39 Å². The zero-order chi connectivity index (χ0) is 9.84. The average molecular weight is 182 g/mol. The van der Waals surface area contributed by atoms with E-state index in [2.05, 4.69) is 10.3 Å². The Bertz CT molecular complexity index is 325. The molecule has 0 saturated carbocycles. The van der Waals surface area contributed by atoms with Gasteiger partial charge < -0.3 is 5.32 Å². The molecule has 0 aliphatic carbocycles. The lowest BCUT2D eigenvalue weighted by Crippen LogP contribution is -2.19. The Balaban J connectivity index is 3.02. The van der Waals surface area contributed by atoms with Gasteiger partial charge in [-0.1, -0.05) is 6.92 Å². The van der Waals surface area contributed by atoms with Crippen molar-refractivity contribution in [3.05, 3.63) is 29.3 Å². The summed E-state index contributed by atoms with van der Waals surface area (Å²) in [5.74, 6) is -0.752. The third-order valence-corrected chi connectivity index (χ3v) is 1.77. The highest BCUT2D eigenvalue weighted by molar-refractivity contribution is 5.91. The fourth-order valence-electron chi connectivity index (χ4n) is 0.972. The van der Waals surface area contributed by atoms with E-state index in [1.807, 2.05) is 6.92 Å². The number of hydrogen-bond donors (Lipinski definition) is 1. The van der Waals surface area contributed by atoms with Gasteiger partial charge in [0, 0.05) is 24.9 Å². The number of amides is 1. The van der Waals surface area contributed by atoms with Crippen LogP contribution in [0, 0.1) is 5.82 Å². The number of carbonyl (C=O) groups is 1. The van der Waals surface area contributed by atoms with Crippen molar-refractivity contribution in [2.75, 3.05) is 7.05 Å². The lowest BCUT2D eigenvalue weighted by Gasteiger charge is -2.01. The van der Waals surface area contributed by atoms with Crippen LogP contribution in [-0.2, 0) is 6.42 Å². The first-order valence-corrected chi connectivity index (χ1v) is 4.05. The van der Waals surface area contributed by atoms with Crippen molar-refractivity contribution >= 4 is 5.91 Å². The van der Waals surface area contributed by atoms with Gasteiger partial charge in [0.25, 0.3) is 5.91 Å². The van der Waals surface area contributed by atoms with E-state index in [0.29, 0.717) is 12.0 Å². The summed E-state index contributed by atoms with van der Waals surface area (Å²) in [6.45, 7) is 1.83. The lowest BCUT2D eigenvalue weighted by atomic mass is 10.2. The van der Waals surface area contributed by atoms with Gasteiger partial charge in [0.1, 0.15) is 11.5 Å². The number of nitrogens with one attached hydrogen (secondary N) is 1. The molecule has 1 amide bonds. The lowest BCUT2D eigenvalue weighted by molar-refractivity contribution is 0.0957. The predicted octanol–water partition coefficient (Wildman–Crippen LogP) is 1.14. The van der Waals surface area contributed by atoms with Crippen LogP contribution in [0.2, 0.25) is 0 Å². The molecule has 0 aliphatic heterocycles. The first-order valence-electron chi connectivity index (χ1n) is 4.05. The van der Waals surface area contributed by atoms with E-state index in [4.69, 9.17) is 0 Å². The Labute approximate surface area is 76.0 Å². The minimum absolute atomic E-state index is 0.109. The molecular formula is C9H11FN2O. The topological polar surface area (TPSA) is 42.0 Å². The van der Waals surface area contributed by atoms with Gasteiger partial charge in [-0.05, 0) is 6.42 Å². The summed E-state index contributed by atoms with van der Waals surface area (Å²) in [5.41, 5.74) is 0.629. The summed E-state index contributed by atoms with van der Waals surface area (Å²) in [5, 5.41) is 2.38. The first-order chi connectivity index (χ1) is 6.19. The van der Waals surface area contributed by atoms with Crippen LogP contribution >= 0.6 is 0 Å². The minimum Gasteiger partial charge on any atom is -0.354 e. The number of aromatic nitrogens is 1. The van der Waals surface area contributed by atoms with E-state index in [1.54, 1.807) is 0 Å². The molecule has 0 spiro atoms. The maximum absolute atomic E-state index is 13.1. The molecular weight excluding hydrogens is 171 g/mol. The third-order valence-electron chi connectivity index (χ3n) is 1.77. The number of rotatable bonds is 2. The van der Waals surface area contributed by atoms with Crippen molar-refractivity contribution in [2.24, 2.45) is 0 Å². The van der Waals surface area contributed by atoms with E-state index < -0.39 is 0 Å². The van der Waals surface area contributed by atoms with Gasteiger partial charge in [0.15, 0.2) is 0 Å². The van der Waals surface area contributed by atoms with E-state index in [-0.39, 0.29) is 17.4 Å². The van der Waals surface area contributed by atoms with Crippen molar-refractivity contribution in [2.45, 2.75) is 13.3 Å². The van der Waals surface area contributed by atoms with Crippen LogP contribution in [0.25, 0.3) is 0 Å². The molecule has 0 aliphatic rings. The highest BCUT2D eigenvalue weighted by Crippen LogP contribution is 2.07. The minimum atomic E-state index is -0.379. The fourth-order valence-corrected chi connectivity index (χ4v) is 0.972. The van der Waals surface area contributed by atoms with Gasteiger partial charge in [-0.3, -0.25) is 9.78 Å². The Morgan fingerprint density at radius 3 is 2.85 bits per heavy atom. The Hall–Kier alpha value is -1.45. The molecule has 1 heterocycles. The summed E-state index contributed by atoms with van der Waals surface area (Å²) >= 11 is 0. The molecule has 1 aromatic rings. The fraction of sp³-hybridized carbons (Fsp3) is 0.333. The maximum atomic E-state index is 13.1. The van der Waals surface area contributed by atoms with Gasteiger partial charge in [-0.25, -0.2) is 4.39 Å². The molecule has 3 nitrogen and oxygen atoms in total. The first kappa shape index (κ1) is 9.64. The van der Waals surface area contributed by atoms with Crippen molar-refractivity contribution in [1.29, 1.82) is 0 Å². The summed E-state index contributed by atoms with van der Waals surface area (Å²) in [4.78, 5) is 14.9. The van der Waals surface area contributed by atoms with E-state index >= 15 is 0 Å². The van der Waals surface area contributed by atoms with E-state index in [1.165, 1.54) is 13.2 Å². The van der Waals surface area contributed by atoms with Gasteiger partial charge in [-0.2, -0.15) is 0 Å². The number of halogens is 1. The van der Waals surface area contributed by atoms with Crippen molar-refractivity contribution in [1.82, 2.24) is 10.3 Å². The molecule has 0 bridgehead atoms. The highest BCUT2D eigenvalue weighted by atomic mass is 19.1. The molecule has 13 heavy (non-hydrogen) atoms. The second-order valence-corrected chi connectivity index (χ2v) is 2.59. The van der Waals surface area contributed by atoms with E-state index in [9.17, 15) is 9.18 Å². The predicted molar refractivity (Wildman–Crippen MR) is 47.0 cm³/mol. The van der Waals surface area contributed by atoms with Gasteiger partial charge in [0.2, 0.25) is 0 Å². The third kappa shape index (κ3) is 2.02. The normalized spacial score (nSPS) is 9.77. The van der Waals surface area contributed by atoms with Crippen LogP contribution in [0.3, 0.4) is 0 Å². The van der Waals surface area contributed by atoms with Gasteiger partial charge in [-0.15, -0.1) is 0 Å². The number of hydrogen-bond acceptors (Lipinski definition) is 2. The van der Waals surface area contributed by atoms with Crippen molar-refractivity contribution in [3.63, 3.8) is 0 Å². The Kier molecular flexibility index (Phi) is 2.95. The highest BCUT2D eigenvalue weighted by Gasteiger charge is 2.08. The van der Waals surface area contributed by atoms with E-state index in [0.717, 1.165) is 6.07 Å². The van der Waals surface area contributed by atoms with Crippen LogP contribution in [-0.4, -0.2) is 17.9 Å². The molecule has 0 fully saturated rings. The molecule has 1 rings (SSSR count). The molecule has 0 unspecified atom stereocenters. The summed E-state index contributed by atoms with van der Waals surface area (Å²) in [6.07, 6.45) is 1.97. The van der Waals surface area contributed by atoms with Gasteiger partial charge in [0.05, 0.1) is 0 Å². The van der Waals surface area contributed by atoms with Crippen LogP contribution in [0.15, 0.2) is 12.3 Å². The largest absolute Gasteiger partial charge is 0.354 e. The molecule has 0 saturated heterocycles. The van der Waals surface area contributed by atoms with Gasteiger partial charge >= 0.3 is 0 Å². The number of nitrogens with zero attached hydrogens (tertiary/aromatic N) is 1. The smallest absolute Gasteiger partial charge is 0.269 e. The SMILES string of the molecule is CCc1cnc(C(=O)NC)cc1F. The zero-order valence-electron chi connectivity index (χ0n) is 7.60. The molecule has 1 N–H and O–H groups in total. The molecule has 1 aromatic heterocycles. The number of aryl methyl sites for hydroxylation is 1. The summed E-state index contributed by atoms with van der Waals surface area (Å²) in [7, 11) is 1.48. The second-order valence-electron chi connectivity index (χ2n) is 2.59. The van der Waals surface area contributed by atoms with Crippen molar-refractivity contribution < 1.29 is 9.18 Å². The molecule has 70 valence electrons. The standard InChI is InChI=1S/C9H11FN2O/c1-3-6-5-12-8(4-7(6)10)9(13)11-2/h4-5H,3H2,1-2H3,(H,11,13).